The van der Waals surface area contributed by atoms with Crippen molar-refractivity contribution in [1.29, 1.82) is 0 Å². The van der Waals surface area contributed by atoms with E-state index in [0.29, 0.717) is 10.4 Å². The van der Waals surface area contributed by atoms with E-state index in [4.69, 9.17) is 15.8 Å². The summed E-state index contributed by atoms with van der Waals surface area (Å²) in [5.41, 5.74) is 0. The summed E-state index contributed by atoms with van der Waals surface area (Å²) in [6.07, 6.45) is 0. The summed E-state index contributed by atoms with van der Waals surface area (Å²) in [5, 5.41) is 11.5. The van der Waals surface area contributed by atoms with Crippen molar-refractivity contribution in [2.24, 2.45) is 0 Å². The summed E-state index contributed by atoms with van der Waals surface area (Å²) >= 11 is 5.74. The van der Waals surface area contributed by atoms with Crippen molar-refractivity contribution in [3.8, 4) is 11.5 Å². The van der Waals surface area contributed by atoms with Gasteiger partial charge in [0.05, 0.1) is 0 Å². The summed E-state index contributed by atoms with van der Waals surface area (Å²) in [6.45, 7) is 0. The van der Waals surface area contributed by atoms with Gasteiger partial charge in [-0.1, -0.05) is 23.7 Å². The molecule has 3 rings (SSSR count). The van der Waals surface area contributed by atoms with Crippen LogP contribution in [0.5, 0.6) is 11.5 Å². The van der Waals surface area contributed by atoms with Crippen LogP contribution in [0.4, 0.5) is 0 Å². The van der Waals surface area contributed by atoms with E-state index >= 15 is 0 Å². The highest BCUT2D eigenvalue weighted by Crippen LogP contribution is 2.26. The molecule has 0 bridgehead atoms. The Kier molecular flexibility index (Phi) is 3.68. The van der Waals surface area contributed by atoms with Crippen LogP contribution in [0.25, 0.3) is 10.8 Å². The zero-order valence-corrected chi connectivity index (χ0v) is 12.8. The molecule has 112 valence electrons. The molecule has 6 heteroatoms. The Labute approximate surface area is 132 Å². The quantitative estimate of drug-likeness (QED) is 0.736. The Morgan fingerprint density at radius 2 is 1.55 bits per heavy atom. The number of benzene rings is 3. The molecule has 0 heterocycles. The van der Waals surface area contributed by atoms with Gasteiger partial charge in [0.15, 0.2) is 0 Å². The van der Waals surface area contributed by atoms with E-state index in [1.165, 1.54) is 30.3 Å². The topological polar surface area (TPSA) is 63.6 Å². The van der Waals surface area contributed by atoms with Crippen LogP contribution in [0.1, 0.15) is 0 Å². The van der Waals surface area contributed by atoms with E-state index in [2.05, 4.69) is 0 Å². The van der Waals surface area contributed by atoms with Crippen LogP contribution in [0, 0.1) is 0 Å². The first-order valence-corrected chi connectivity index (χ1v) is 8.15. The lowest BCUT2D eigenvalue weighted by molar-refractivity contribution is 0.476. The fraction of sp³-hybridized carbons (Fsp3) is 0. The molecule has 0 aliphatic carbocycles. The van der Waals surface area contributed by atoms with Crippen molar-refractivity contribution in [2.45, 2.75) is 4.90 Å². The van der Waals surface area contributed by atoms with Crippen LogP contribution in [-0.4, -0.2) is 13.5 Å². The van der Waals surface area contributed by atoms with Gasteiger partial charge in [0.25, 0.3) is 0 Å². The normalized spacial score (nSPS) is 11.5. The van der Waals surface area contributed by atoms with Crippen LogP contribution < -0.4 is 4.18 Å². The minimum absolute atomic E-state index is 0.0212. The highest BCUT2D eigenvalue weighted by Gasteiger charge is 2.16. The lowest BCUT2D eigenvalue weighted by Gasteiger charge is -2.08. The summed E-state index contributed by atoms with van der Waals surface area (Å²) in [7, 11) is -3.93. The third-order valence-electron chi connectivity index (χ3n) is 3.10. The summed E-state index contributed by atoms with van der Waals surface area (Å²) in [5.74, 6) is 0.276. The predicted molar refractivity (Wildman–Crippen MR) is 84.9 cm³/mol. The number of phenolic OH excluding ortho intramolecular Hbond substituents is 1. The SMILES string of the molecule is O=S(=O)(Oc1ccc2ccc(O)cc2c1)c1ccc(Cl)cc1. The maximum atomic E-state index is 12.2. The summed E-state index contributed by atoms with van der Waals surface area (Å²) < 4.78 is 29.5. The second-order valence-electron chi connectivity index (χ2n) is 4.68. The number of rotatable bonds is 3. The molecule has 0 radical (unpaired) electrons. The number of aromatic hydroxyl groups is 1. The molecular weight excluding hydrogens is 324 g/mol. The molecule has 4 nitrogen and oxygen atoms in total. The lowest BCUT2D eigenvalue weighted by Crippen LogP contribution is -2.09. The Morgan fingerprint density at radius 3 is 2.27 bits per heavy atom. The van der Waals surface area contributed by atoms with Crippen molar-refractivity contribution in [2.75, 3.05) is 0 Å². The van der Waals surface area contributed by atoms with Crippen molar-refractivity contribution < 1.29 is 17.7 Å². The number of phenols is 1. The maximum absolute atomic E-state index is 12.2. The van der Waals surface area contributed by atoms with E-state index in [0.717, 1.165) is 5.39 Å². The molecule has 0 saturated carbocycles. The molecular formula is C16H11ClO4S. The highest BCUT2D eigenvalue weighted by molar-refractivity contribution is 7.87. The van der Waals surface area contributed by atoms with Gasteiger partial charge < -0.3 is 9.29 Å². The Bertz CT molecular complexity index is 934. The van der Waals surface area contributed by atoms with Crippen molar-refractivity contribution >= 4 is 32.5 Å². The third kappa shape index (κ3) is 3.00. The number of hydrogen-bond donors (Lipinski definition) is 1. The van der Waals surface area contributed by atoms with Crippen LogP contribution in [0.3, 0.4) is 0 Å². The van der Waals surface area contributed by atoms with E-state index in [9.17, 15) is 13.5 Å². The van der Waals surface area contributed by atoms with E-state index in [1.54, 1.807) is 30.3 Å². The van der Waals surface area contributed by atoms with Crippen LogP contribution >= 0.6 is 11.6 Å². The molecule has 0 unspecified atom stereocenters. The molecule has 0 spiro atoms. The Balaban J connectivity index is 1.96. The average molecular weight is 335 g/mol. The second-order valence-corrected chi connectivity index (χ2v) is 6.67. The molecule has 22 heavy (non-hydrogen) atoms. The average Bonchev–Trinajstić information content (AvgIpc) is 2.47. The first-order valence-electron chi connectivity index (χ1n) is 6.37. The molecule has 0 atom stereocenters. The number of fused-ring (bicyclic) bond motifs is 1. The fourth-order valence-corrected chi connectivity index (χ4v) is 3.09. The van der Waals surface area contributed by atoms with Gasteiger partial charge in [0, 0.05) is 5.02 Å². The zero-order valence-electron chi connectivity index (χ0n) is 11.2. The van der Waals surface area contributed by atoms with Gasteiger partial charge in [-0.05, 0) is 59.3 Å². The van der Waals surface area contributed by atoms with Crippen LogP contribution in [0.15, 0.2) is 65.6 Å². The minimum atomic E-state index is -3.93. The molecule has 0 aromatic heterocycles. The Morgan fingerprint density at radius 1 is 0.864 bits per heavy atom. The van der Waals surface area contributed by atoms with Crippen molar-refractivity contribution in [3.63, 3.8) is 0 Å². The van der Waals surface area contributed by atoms with Gasteiger partial charge in [0.2, 0.25) is 0 Å². The lowest BCUT2D eigenvalue weighted by atomic mass is 10.1. The smallest absolute Gasteiger partial charge is 0.339 e. The van der Waals surface area contributed by atoms with E-state index in [1.807, 2.05) is 0 Å². The highest BCUT2D eigenvalue weighted by atomic mass is 35.5. The van der Waals surface area contributed by atoms with Crippen molar-refractivity contribution in [3.05, 3.63) is 65.7 Å². The first kappa shape index (κ1) is 14.7. The van der Waals surface area contributed by atoms with Gasteiger partial charge in [-0.15, -0.1) is 0 Å². The summed E-state index contributed by atoms with van der Waals surface area (Å²) in [6, 6.07) is 15.4. The maximum Gasteiger partial charge on any atom is 0.339 e. The largest absolute Gasteiger partial charge is 0.508 e. The van der Waals surface area contributed by atoms with Gasteiger partial charge in [-0.3, -0.25) is 0 Å². The van der Waals surface area contributed by atoms with Crippen LogP contribution in [-0.2, 0) is 10.1 Å². The molecule has 0 aliphatic rings. The molecule has 3 aromatic rings. The molecule has 0 saturated heterocycles. The Hall–Kier alpha value is -2.24. The number of halogens is 1. The van der Waals surface area contributed by atoms with Gasteiger partial charge >= 0.3 is 10.1 Å². The predicted octanol–water partition coefficient (Wildman–Crippen LogP) is 3.97. The summed E-state index contributed by atoms with van der Waals surface area (Å²) in [4.78, 5) is 0.0212. The molecule has 0 amide bonds. The monoisotopic (exact) mass is 334 g/mol. The van der Waals surface area contributed by atoms with Crippen molar-refractivity contribution in [1.82, 2.24) is 0 Å². The van der Waals surface area contributed by atoms with Gasteiger partial charge in [-0.2, -0.15) is 8.42 Å². The molecule has 1 N–H and O–H groups in total. The molecule has 0 aliphatic heterocycles. The second kappa shape index (κ2) is 5.51. The van der Waals surface area contributed by atoms with E-state index < -0.39 is 10.1 Å². The van der Waals surface area contributed by atoms with Crippen LogP contribution in [0.2, 0.25) is 5.02 Å². The minimum Gasteiger partial charge on any atom is -0.508 e. The third-order valence-corrected chi connectivity index (χ3v) is 4.62. The van der Waals surface area contributed by atoms with E-state index in [-0.39, 0.29) is 16.4 Å². The fourth-order valence-electron chi connectivity index (χ4n) is 2.04. The van der Waals surface area contributed by atoms with Gasteiger partial charge in [-0.25, -0.2) is 0 Å². The standard InChI is InChI=1S/C16H11ClO4S/c17-13-3-7-16(8-4-13)22(19,20)21-15-6-2-11-1-5-14(18)9-12(11)10-15/h1-10,18H. The zero-order chi connectivity index (χ0) is 15.7. The molecule has 3 aromatic carbocycles. The first-order chi connectivity index (χ1) is 10.4. The number of hydrogen-bond acceptors (Lipinski definition) is 4. The van der Waals surface area contributed by atoms with Gasteiger partial charge in [0.1, 0.15) is 16.4 Å². The molecule has 0 fully saturated rings.